The minimum absolute atomic E-state index is 0. The molecule has 2 aromatic rings. The Bertz CT molecular complexity index is 602. The molecular weight excluding hydrogens is 611 g/mol. The molecule has 0 atom stereocenters. The maximum Gasteiger partial charge on any atom is 2.00 e. The van der Waals surface area contributed by atoms with Gasteiger partial charge >= 0.3 is 27.3 Å². The zero-order valence-electron chi connectivity index (χ0n) is 10.5. The summed E-state index contributed by atoms with van der Waals surface area (Å²) in [5, 5.41) is 1.68. The van der Waals surface area contributed by atoms with Crippen LogP contribution < -0.4 is 0 Å². The van der Waals surface area contributed by atoms with Gasteiger partial charge in [0.2, 0.25) is 0 Å². The summed E-state index contributed by atoms with van der Waals surface area (Å²) >= 11 is 56.0. The molecule has 0 aliphatic carbocycles. The van der Waals surface area contributed by atoms with Crippen molar-refractivity contribution in [3.05, 3.63) is 62.4 Å². The predicted molar refractivity (Wildman–Crippen MR) is 101 cm³/mol. The first-order chi connectivity index (χ1) is 10.1. The van der Waals surface area contributed by atoms with Gasteiger partial charge in [-0.2, -0.15) is 46.4 Å². The van der Waals surface area contributed by atoms with Crippen molar-refractivity contribution in [3.8, 4) is 0 Å². The average molecular weight is 611 g/mol. The fraction of sp³-hybridized carbons (Fsp3) is 0. The zero-order valence-corrected chi connectivity index (χ0v) is 22.1. The Morgan fingerprint density at radius 3 is 0.696 bits per heavy atom. The van der Waals surface area contributed by atoms with E-state index in [9.17, 15) is 0 Å². The van der Waals surface area contributed by atoms with E-state index in [0.29, 0.717) is 0 Å². The second kappa shape index (κ2) is 11.2. The first-order valence-corrected chi connectivity index (χ1v) is 8.67. The molecule has 0 saturated carbocycles. The molecule has 0 aliphatic heterocycles. The van der Waals surface area contributed by atoms with Gasteiger partial charge in [-0.05, 0) is 30.1 Å². The molecule has 120 valence electrons. The Morgan fingerprint density at radius 1 is 0.348 bits per heavy atom. The maximum atomic E-state index is 5.64. The summed E-state index contributed by atoms with van der Waals surface area (Å²) in [5.74, 6) is 0. The molecule has 0 spiro atoms. The Balaban J connectivity index is 0.000000403. The van der Waals surface area contributed by atoms with Crippen LogP contribution in [0, 0.1) is 12.1 Å². The van der Waals surface area contributed by atoms with Gasteiger partial charge in [0.15, 0.2) is 0 Å². The fourth-order valence-electron chi connectivity index (χ4n) is 0.990. The Morgan fingerprint density at radius 2 is 0.522 bits per heavy atom. The van der Waals surface area contributed by atoms with Crippen molar-refractivity contribution in [2.75, 3.05) is 0 Å². The van der Waals surface area contributed by atoms with Crippen molar-refractivity contribution in [2.24, 2.45) is 0 Å². The molecule has 0 fully saturated rings. The molecule has 0 aromatic heterocycles. The van der Waals surface area contributed by atoms with Crippen LogP contribution in [0.3, 0.4) is 0 Å². The molecule has 23 heavy (non-hydrogen) atoms. The second-order valence-corrected chi connectivity index (χ2v) is 7.17. The third-order valence-electron chi connectivity index (χ3n) is 1.98. The van der Waals surface area contributed by atoms with E-state index >= 15 is 0 Å². The summed E-state index contributed by atoms with van der Waals surface area (Å²) in [6.45, 7) is 0. The molecule has 0 radical (unpaired) electrons. The van der Waals surface area contributed by atoms with Gasteiger partial charge in [0, 0.05) is 0 Å². The summed E-state index contributed by atoms with van der Waals surface area (Å²) < 4.78 is 0. The van der Waals surface area contributed by atoms with Crippen molar-refractivity contribution in [2.45, 2.75) is 0 Å². The molecule has 0 unspecified atom stereocenters. The van der Waals surface area contributed by atoms with Gasteiger partial charge < -0.3 is 0 Å². The van der Waals surface area contributed by atoms with Crippen molar-refractivity contribution < 1.29 is 27.3 Å². The topological polar surface area (TPSA) is 0 Å². The van der Waals surface area contributed by atoms with Crippen LogP contribution in [0.2, 0.25) is 50.2 Å². The van der Waals surface area contributed by atoms with Crippen LogP contribution in [-0.2, 0) is 27.3 Å². The Kier molecular flexibility index (Phi) is 12.3. The van der Waals surface area contributed by atoms with Crippen LogP contribution >= 0.6 is 116 Å². The monoisotopic (exact) mass is 608 g/mol. The van der Waals surface area contributed by atoms with E-state index < -0.39 is 0 Å². The van der Waals surface area contributed by atoms with E-state index in [0.717, 1.165) is 0 Å². The molecule has 0 saturated heterocycles. The quantitative estimate of drug-likeness (QED) is 0.121. The number of hydrogen-bond donors (Lipinski definition) is 0. The zero-order chi connectivity index (χ0) is 17.2. The number of halogens is 10. The largest absolute Gasteiger partial charge is 2.00 e. The van der Waals surface area contributed by atoms with Gasteiger partial charge in [-0.1, -0.05) is 20.1 Å². The first-order valence-electron chi connectivity index (χ1n) is 4.89. The summed E-state index contributed by atoms with van der Waals surface area (Å²) in [6.07, 6.45) is 0. The first kappa shape index (κ1) is 25.3. The van der Waals surface area contributed by atoms with E-state index in [-0.39, 0.29) is 77.5 Å². The summed E-state index contributed by atoms with van der Waals surface area (Å²) in [7, 11) is 0. The maximum absolute atomic E-state index is 5.64. The molecule has 0 amide bonds. The van der Waals surface area contributed by atoms with Crippen LogP contribution in [0.5, 0.6) is 0 Å². The third kappa shape index (κ3) is 6.73. The van der Waals surface area contributed by atoms with E-state index in [4.69, 9.17) is 116 Å². The Hall–Kier alpha value is 2.26. The van der Waals surface area contributed by atoms with E-state index in [1.165, 1.54) is 0 Å². The smallest absolute Gasteiger partial charge is 0.164 e. The van der Waals surface area contributed by atoms with Crippen molar-refractivity contribution in [3.63, 3.8) is 0 Å². The standard InChI is InChI=1S/2C6Cl5.Cd/c2*7-2-1-3(8)5(10)6(11)4(2)9;/q2*-1;+2. The van der Waals surface area contributed by atoms with Crippen LogP contribution in [0.15, 0.2) is 0 Å². The van der Waals surface area contributed by atoms with Crippen molar-refractivity contribution in [1.29, 1.82) is 0 Å². The van der Waals surface area contributed by atoms with Gasteiger partial charge in [0.1, 0.15) is 0 Å². The minimum Gasteiger partial charge on any atom is -0.164 e. The van der Waals surface area contributed by atoms with Crippen LogP contribution in [-0.4, -0.2) is 0 Å². The molecule has 0 bridgehead atoms. The molecule has 2 rings (SSSR count). The summed E-state index contributed by atoms with van der Waals surface area (Å²) in [5.41, 5.74) is 0. The summed E-state index contributed by atoms with van der Waals surface area (Å²) in [6, 6.07) is 5.06. The van der Waals surface area contributed by atoms with Crippen LogP contribution in [0.25, 0.3) is 0 Å². The SMILES string of the molecule is Clc1[c-]c(Cl)c(Cl)c(Cl)c1Cl.Clc1[c-]c(Cl)c(Cl)c(Cl)c1Cl.[Cd+2]. The molecule has 2 aromatic carbocycles. The number of rotatable bonds is 0. The minimum atomic E-state index is 0. The summed E-state index contributed by atoms with van der Waals surface area (Å²) in [4.78, 5) is 0. The van der Waals surface area contributed by atoms with Gasteiger partial charge in [0.05, 0.1) is 0 Å². The molecule has 11 heteroatoms. The average Bonchev–Trinajstić information content (AvgIpc) is 2.47. The normalized spacial score (nSPS) is 9.83. The van der Waals surface area contributed by atoms with Crippen LogP contribution in [0.4, 0.5) is 0 Å². The molecular formula is C12CdCl10. The molecule has 0 N–H and O–H groups in total. The van der Waals surface area contributed by atoms with Gasteiger partial charge in [-0.15, -0.1) is 81.7 Å². The van der Waals surface area contributed by atoms with Gasteiger partial charge in [0.25, 0.3) is 0 Å². The molecule has 0 heterocycles. The molecule has 0 nitrogen and oxygen atoms in total. The second-order valence-electron chi connectivity index (χ2n) is 3.39. The van der Waals surface area contributed by atoms with Crippen LogP contribution in [0.1, 0.15) is 0 Å². The Labute approximate surface area is 203 Å². The van der Waals surface area contributed by atoms with Gasteiger partial charge in [-0.25, -0.2) is 0 Å². The number of benzene rings is 2. The van der Waals surface area contributed by atoms with E-state index in [1.807, 2.05) is 0 Å². The van der Waals surface area contributed by atoms with Gasteiger partial charge in [-0.3, -0.25) is 0 Å². The predicted octanol–water partition coefficient (Wildman–Crippen LogP) is 9.51. The van der Waals surface area contributed by atoms with E-state index in [1.54, 1.807) is 0 Å². The number of hydrogen-bond acceptors (Lipinski definition) is 0. The van der Waals surface area contributed by atoms with E-state index in [2.05, 4.69) is 12.1 Å². The van der Waals surface area contributed by atoms with Crippen molar-refractivity contribution in [1.82, 2.24) is 0 Å². The fourth-order valence-corrected chi connectivity index (χ4v) is 3.08. The molecule has 0 aliphatic rings. The third-order valence-corrected chi connectivity index (χ3v) is 6.16. The van der Waals surface area contributed by atoms with Crippen molar-refractivity contribution >= 4 is 116 Å².